The number of ether oxygens (including phenoxy) is 2. The van der Waals surface area contributed by atoms with Crippen LogP contribution in [-0.2, 0) is 20.7 Å². The molecule has 0 aliphatic carbocycles. The van der Waals surface area contributed by atoms with Crippen molar-refractivity contribution in [2.45, 2.75) is 64.1 Å². The molecule has 0 saturated carbocycles. The van der Waals surface area contributed by atoms with E-state index in [1.807, 2.05) is 0 Å². The van der Waals surface area contributed by atoms with Crippen LogP contribution >= 0.6 is 0 Å². The predicted octanol–water partition coefficient (Wildman–Crippen LogP) is 3.46. The first-order valence-corrected chi connectivity index (χ1v) is 9.98. The predicted molar refractivity (Wildman–Crippen MR) is 113 cm³/mol. The number of esters is 2. The van der Waals surface area contributed by atoms with E-state index in [4.69, 9.17) is 9.47 Å². The van der Waals surface area contributed by atoms with Crippen LogP contribution in [0.2, 0.25) is 0 Å². The Morgan fingerprint density at radius 2 is 1.80 bits per heavy atom. The molecule has 0 aromatic heterocycles. The maximum atomic E-state index is 12.9. The highest BCUT2D eigenvalue weighted by Crippen LogP contribution is 2.38. The molecule has 0 atom stereocenters. The zero-order valence-corrected chi connectivity index (χ0v) is 18.4. The van der Waals surface area contributed by atoms with Gasteiger partial charge in [0, 0.05) is 36.4 Å². The van der Waals surface area contributed by atoms with Crippen molar-refractivity contribution in [3.63, 3.8) is 0 Å². The molecule has 30 heavy (non-hydrogen) atoms. The number of rotatable bonds is 7. The molecule has 0 radical (unpaired) electrons. The maximum Gasteiger partial charge on any atom is 0.339 e. The van der Waals surface area contributed by atoms with E-state index in [9.17, 15) is 19.5 Å². The topological polar surface area (TPSA) is 93.1 Å². The average molecular weight is 418 g/mol. The lowest BCUT2D eigenvalue weighted by Gasteiger charge is -2.53. The molecule has 1 heterocycles. The van der Waals surface area contributed by atoms with Crippen molar-refractivity contribution in [2.75, 3.05) is 13.7 Å². The van der Waals surface area contributed by atoms with E-state index < -0.39 is 17.9 Å². The molecule has 0 unspecified atom stereocenters. The van der Waals surface area contributed by atoms with E-state index in [2.05, 4.69) is 46.2 Å². The highest BCUT2D eigenvalue weighted by Gasteiger charge is 2.44. The van der Waals surface area contributed by atoms with Gasteiger partial charge in [0.05, 0.1) is 17.7 Å². The van der Waals surface area contributed by atoms with E-state index >= 15 is 0 Å². The molecule has 1 fully saturated rings. The minimum absolute atomic E-state index is 0.00425. The van der Waals surface area contributed by atoms with Gasteiger partial charge in [-0.15, -0.1) is 0 Å². The summed E-state index contributed by atoms with van der Waals surface area (Å²) < 4.78 is 10.7. The normalized spacial score (nSPS) is 18.4. The largest absolute Gasteiger partial charge is 0.478 e. The quantitative estimate of drug-likeness (QED) is 0.536. The van der Waals surface area contributed by atoms with Gasteiger partial charge in [0.15, 0.2) is 0 Å². The van der Waals surface area contributed by atoms with Gasteiger partial charge in [-0.25, -0.2) is 14.4 Å². The summed E-state index contributed by atoms with van der Waals surface area (Å²) in [6.07, 6.45) is 2.18. The molecule has 0 amide bonds. The molecule has 1 aromatic rings. The number of carboxylic acids is 1. The molecule has 1 aliphatic heterocycles. The van der Waals surface area contributed by atoms with Crippen LogP contribution in [0.4, 0.5) is 0 Å². The fraction of sp³-hybridized carbons (Fsp3) is 0.522. The molecule has 2 rings (SSSR count). The van der Waals surface area contributed by atoms with E-state index in [1.54, 1.807) is 12.1 Å². The average Bonchev–Trinajstić information content (AvgIpc) is 2.64. The standard InChI is InChI=1S/C23H31NO6/c1-7-18(25)29-12-11-15-9-8-10-17(19(15)20(26)27)21(28)30-16-13-22(2,3)24(6)23(4,5)14-16/h7-10,16H,1,11-14H2,2-6H3,(H,26,27). The van der Waals surface area contributed by atoms with E-state index in [1.165, 1.54) is 6.07 Å². The second-order valence-corrected chi connectivity index (χ2v) is 8.89. The fourth-order valence-electron chi connectivity index (χ4n) is 4.13. The lowest BCUT2D eigenvalue weighted by molar-refractivity contribution is -0.137. The summed E-state index contributed by atoms with van der Waals surface area (Å²) >= 11 is 0. The molecule has 164 valence electrons. The van der Waals surface area contributed by atoms with Gasteiger partial charge in [0.1, 0.15) is 6.10 Å². The van der Waals surface area contributed by atoms with Crippen molar-refractivity contribution in [3.8, 4) is 0 Å². The van der Waals surface area contributed by atoms with Gasteiger partial charge in [0.25, 0.3) is 0 Å². The molecule has 1 aromatic carbocycles. The summed E-state index contributed by atoms with van der Waals surface area (Å²) in [6.45, 7) is 11.7. The molecule has 7 nitrogen and oxygen atoms in total. The van der Waals surface area contributed by atoms with Crippen molar-refractivity contribution < 1.29 is 29.0 Å². The van der Waals surface area contributed by atoms with Crippen LogP contribution in [0, 0.1) is 0 Å². The van der Waals surface area contributed by atoms with E-state index in [0.717, 1.165) is 6.08 Å². The van der Waals surface area contributed by atoms with Gasteiger partial charge in [-0.1, -0.05) is 18.7 Å². The van der Waals surface area contributed by atoms with Gasteiger partial charge >= 0.3 is 17.9 Å². The van der Waals surface area contributed by atoms with Crippen molar-refractivity contribution in [1.29, 1.82) is 0 Å². The van der Waals surface area contributed by atoms with Gasteiger partial charge < -0.3 is 14.6 Å². The Labute approximate surface area is 177 Å². The molecule has 0 bridgehead atoms. The highest BCUT2D eigenvalue weighted by molar-refractivity contribution is 6.03. The third-order valence-corrected chi connectivity index (χ3v) is 5.91. The lowest BCUT2D eigenvalue weighted by atomic mass is 9.78. The first-order chi connectivity index (χ1) is 13.9. The van der Waals surface area contributed by atoms with Crippen LogP contribution in [0.1, 0.15) is 66.8 Å². The molecule has 0 spiro atoms. The van der Waals surface area contributed by atoms with Crippen molar-refractivity contribution in [3.05, 3.63) is 47.5 Å². The van der Waals surface area contributed by atoms with Crippen molar-refractivity contribution in [1.82, 2.24) is 4.90 Å². The molecule has 1 N–H and O–H groups in total. The van der Waals surface area contributed by atoms with Crippen LogP contribution in [0.15, 0.2) is 30.9 Å². The Morgan fingerprint density at radius 1 is 1.20 bits per heavy atom. The number of aromatic carboxylic acids is 1. The minimum atomic E-state index is -1.23. The molecular formula is C23H31NO6. The van der Waals surface area contributed by atoms with Gasteiger partial charge in [-0.3, -0.25) is 4.90 Å². The van der Waals surface area contributed by atoms with Crippen LogP contribution in [-0.4, -0.2) is 58.8 Å². The maximum absolute atomic E-state index is 12.9. The molecule has 1 saturated heterocycles. The Hall–Kier alpha value is -2.67. The summed E-state index contributed by atoms with van der Waals surface area (Å²) in [4.78, 5) is 38.3. The summed E-state index contributed by atoms with van der Waals surface area (Å²) in [5.41, 5.74) is -0.0515. The minimum Gasteiger partial charge on any atom is -0.478 e. The summed E-state index contributed by atoms with van der Waals surface area (Å²) in [5, 5.41) is 9.72. The molecule has 1 aliphatic rings. The third kappa shape index (κ3) is 5.27. The highest BCUT2D eigenvalue weighted by atomic mass is 16.5. The molecule has 7 heteroatoms. The first-order valence-electron chi connectivity index (χ1n) is 9.98. The van der Waals surface area contributed by atoms with Crippen LogP contribution < -0.4 is 0 Å². The second kappa shape index (κ2) is 9.00. The second-order valence-electron chi connectivity index (χ2n) is 8.89. The van der Waals surface area contributed by atoms with Crippen molar-refractivity contribution >= 4 is 17.9 Å². The Kier molecular flexibility index (Phi) is 7.08. The fourth-order valence-corrected chi connectivity index (χ4v) is 4.13. The summed E-state index contributed by atoms with van der Waals surface area (Å²) in [7, 11) is 2.06. The first kappa shape index (κ1) is 23.6. The number of benzene rings is 1. The number of carbonyl (C=O) groups excluding carboxylic acids is 2. The van der Waals surface area contributed by atoms with E-state index in [-0.39, 0.29) is 41.3 Å². The lowest BCUT2D eigenvalue weighted by Crippen LogP contribution is -2.60. The summed E-state index contributed by atoms with van der Waals surface area (Å²) in [6, 6.07) is 4.66. The van der Waals surface area contributed by atoms with Crippen LogP contribution in [0.3, 0.4) is 0 Å². The zero-order valence-electron chi connectivity index (χ0n) is 18.4. The monoisotopic (exact) mass is 417 g/mol. The SMILES string of the molecule is C=CC(=O)OCCc1cccc(C(=O)OC2CC(C)(C)N(C)C(C)(C)C2)c1C(=O)O. The van der Waals surface area contributed by atoms with Gasteiger partial charge in [-0.2, -0.15) is 0 Å². The number of nitrogens with zero attached hydrogens (tertiary/aromatic N) is 1. The number of piperidine rings is 1. The van der Waals surface area contributed by atoms with Gasteiger partial charge in [0.2, 0.25) is 0 Å². The Balaban J connectivity index is 2.23. The smallest absolute Gasteiger partial charge is 0.339 e. The number of likely N-dealkylation sites (tertiary alicyclic amines) is 1. The van der Waals surface area contributed by atoms with Crippen molar-refractivity contribution in [2.24, 2.45) is 0 Å². The number of hydrogen-bond donors (Lipinski definition) is 1. The van der Waals surface area contributed by atoms with Crippen LogP contribution in [0.25, 0.3) is 0 Å². The Morgan fingerprint density at radius 3 is 2.33 bits per heavy atom. The van der Waals surface area contributed by atoms with E-state index in [0.29, 0.717) is 18.4 Å². The summed E-state index contributed by atoms with van der Waals surface area (Å²) in [5.74, 6) is -2.47. The number of carbonyl (C=O) groups is 3. The molecular weight excluding hydrogens is 386 g/mol. The third-order valence-electron chi connectivity index (χ3n) is 5.91. The number of hydrogen-bond acceptors (Lipinski definition) is 6. The number of carboxylic acid groups (broad SMARTS) is 1. The Bertz CT molecular complexity index is 824. The zero-order chi connectivity index (χ0) is 22.7. The van der Waals surface area contributed by atoms with Crippen LogP contribution in [0.5, 0.6) is 0 Å². The van der Waals surface area contributed by atoms with Gasteiger partial charge in [-0.05, 0) is 46.4 Å².